The Kier molecular flexibility index (Phi) is 5.37. The summed E-state index contributed by atoms with van der Waals surface area (Å²) in [5.74, 6) is 2.16. The molecule has 3 aromatic heterocycles. The molecule has 0 saturated carbocycles. The normalized spacial score (nSPS) is 21.0. The molecule has 3 aliphatic rings. The molecule has 0 unspecified atom stereocenters. The summed E-state index contributed by atoms with van der Waals surface area (Å²) < 4.78 is 7.65. The van der Waals surface area contributed by atoms with Gasteiger partial charge in [-0.15, -0.1) is 11.3 Å². The second kappa shape index (κ2) is 8.48. The van der Waals surface area contributed by atoms with E-state index in [1.165, 1.54) is 47.3 Å². The van der Waals surface area contributed by atoms with E-state index in [0.29, 0.717) is 6.04 Å². The van der Waals surface area contributed by atoms with E-state index < -0.39 is 0 Å². The lowest BCUT2D eigenvalue weighted by Crippen LogP contribution is -2.37. The molecular weight excluding hydrogens is 408 g/mol. The smallest absolute Gasteiger partial charge is 0.146 e. The zero-order valence-electron chi connectivity index (χ0n) is 18.0. The highest BCUT2D eigenvalue weighted by molar-refractivity contribution is 7.19. The average molecular weight is 439 g/mol. The molecule has 7 nitrogen and oxygen atoms in total. The number of nitrogens with zero attached hydrogens (tertiary/aromatic N) is 6. The van der Waals surface area contributed by atoms with Crippen molar-refractivity contribution in [1.82, 2.24) is 24.6 Å². The Hall–Kier alpha value is -2.03. The van der Waals surface area contributed by atoms with Gasteiger partial charge >= 0.3 is 0 Å². The van der Waals surface area contributed by atoms with E-state index in [0.717, 1.165) is 64.6 Å². The molecule has 2 saturated heterocycles. The van der Waals surface area contributed by atoms with Gasteiger partial charge in [0.05, 0.1) is 31.2 Å². The SMILES string of the molecule is c1cnn(C2CCN(c3nc(CN4CCOCC4)nc4sc5c(c34)CCCC5)CC2)c1. The molecule has 0 spiro atoms. The number of aryl methyl sites for hydroxylation is 2. The molecule has 0 atom stereocenters. The molecule has 8 heteroatoms. The van der Waals surface area contributed by atoms with Crippen LogP contribution in [-0.4, -0.2) is 64.0 Å². The van der Waals surface area contributed by atoms with Crippen LogP contribution in [0.3, 0.4) is 0 Å². The third kappa shape index (κ3) is 3.85. The first-order chi connectivity index (χ1) is 15.3. The highest BCUT2D eigenvalue weighted by Gasteiger charge is 2.28. The molecule has 2 fully saturated rings. The topological polar surface area (TPSA) is 59.3 Å². The predicted molar refractivity (Wildman–Crippen MR) is 123 cm³/mol. The third-order valence-corrected chi connectivity index (χ3v) is 8.16. The summed E-state index contributed by atoms with van der Waals surface area (Å²) in [7, 11) is 0. The van der Waals surface area contributed by atoms with Gasteiger partial charge in [-0.2, -0.15) is 5.10 Å². The quantitative estimate of drug-likeness (QED) is 0.622. The molecule has 0 radical (unpaired) electrons. The Morgan fingerprint density at radius 2 is 1.87 bits per heavy atom. The summed E-state index contributed by atoms with van der Waals surface area (Å²) in [5.41, 5.74) is 1.54. The number of thiophene rings is 1. The molecule has 6 rings (SSSR count). The van der Waals surface area contributed by atoms with Gasteiger partial charge in [0.15, 0.2) is 0 Å². The fraction of sp³-hybridized carbons (Fsp3) is 0.609. The van der Waals surface area contributed by atoms with Gasteiger partial charge in [0.1, 0.15) is 16.5 Å². The third-order valence-electron chi connectivity index (χ3n) is 6.97. The number of hydrogen-bond donors (Lipinski definition) is 0. The van der Waals surface area contributed by atoms with Crippen molar-refractivity contribution in [1.29, 1.82) is 0 Å². The number of piperidine rings is 1. The maximum atomic E-state index is 5.53. The van der Waals surface area contributed by atoms with Crippen LogP contribution in [0, 0.1) is 0 Å². The number of hydrogen-bond acceptors (Lipinski definition) is 7. The van der Waals surface area contributed by atoms with Gasteiger partial charge in [0, 0.05) is 43.4 Å². The van der Waals surface area contributed by atoms with Crippen LogP contribution in [0.5, 0.6) is 0 Å². The molecule has 5 heterocycles. The molecular formula is C23H30N6OS. The van der Waals surface area contributed by atoms with Gasteiger partial charge in [-0.1, -0.05) is 0 Å². The summed E-state index contributed by atoms with van der Waals surface area (Å²) in [6.07, 6.45) is 11.2. The van der Waals surface area contributed by atoms with Crippen molar-refractivity contribution in [3.05, 3.63) is 34.7 Å². The van der Waals surface area contributed by atoms with Gasteiger partial charge in [0.2, 0.25) is 0 Å². The summed E-state index contributed by atoms with van der Waals surface area (Å²) in [5, 5.41) is 5.82. The Morgan fingerprint density at radius 3 is 2.68 bits per heavy atom. The van der Waals surface area contributed by atoms with Crippen LogP contribution < -0.4 is 4.90 Å². The minimum absolute atomic E-state index is 0.493. The maximum absolute atomic E-state index is 5.53. The lowest BCUT2D eigenvalue weighted by Gasteiger charge is -2.34. The number of morpholine rings is 1. The first kappa shape index (κ1) is 19.6. The largest absolute Gasteiger partial charge is 0.379 e. The Labute approximate surface area is 187 Å². The van der Waals surface area contributed by atoms with E-state index >= 15 is 0 Å². The monoisotopic (exact) mass is 438 g/mol. The summed E-state index contributed by atoms with van der Waals surface area (Å²) >= 11 is 1.92. The number of fused-ring (bicyclic) bond motifs is 3. The summed E-state index contributed by atoms with van der Waals surface area (Å²) in [6, 6.07) is 2.52. The highest BCUT2D eigenvalue weighted by Crippen LogP contribution is 2.40. The zero-order chi connectivity index (χ0) is 20.6. The van der Waals surface area contributed by atoms with Crippen molar-refractivity contribution >= 4 is 27.4 Å². The van der Waals surface area contributed by atoms with Crippen LogP contribution in [0.1, 0.15) is 48.0 Å². The van der Waals surface area contributed by atoms with Gasteiger partial charge in [0.25, 0.3) is 0 Å². The van der Waals surface area contributed by atoms with E-state index in [2.05, 4.69) is 25.8 Å². The molecule has 0 amide bonds. The molecule has 3 aromatic rings. The van der Waals surface area contributed by atoms with Gasteiger partial charge in [-0.05, 0) is 50.2 Å². The number of aromatic nitrogens is 4. The van der Waals surface area contributed by atoms with E-state index in [9.17, 15) is 0 Å². The highest BCUT2D eigenvalue weighted by atomic mass is 32.1. The predicted octanol–water partition coefficient (Wildman–Crippen LogP) is 3.44. The van der Waals surface area contributed by atoms with Crippen LogP contribution in [-0.2, 0) is 24.1 Å². The van der Waals surface area contributed by atoms with Crippen LogP contribution in [0.25, 0.3) is 10.2 Å². The fourth-order valence-electron chi connectivity index (χ4n) is 5.28. The number of ether oxygens (including phenoxy) is 1. The average Bonchev–Trinajstić information content (AvgIpc) is 3.47. The van der Waals surface area contributed by atoms with Crippen molar-refractivity contribution in [2.24, 2.45) is 0 Å². The number of anilines is 1. The molecule has 2 aliphatic heterocycles. The van der Waals surface area contributed by atoms with E-state index in [1.54, 1.807) is 4.88 Å². The first-order valence-corrected chi connectivity index (χ1v) is 12.5. The van der Waals surface area contributed by atoms with Crippen LogP contribution >= 0.6 is 11.3 Å². The van der Waals surface area contributed by atoms with Crippen molar-refractivity contribution in [2.45, 2.75) is 51.1 Å². The Morgan fingerprint density at radius 1 is 1.03 bits per heavy atom. The molecule has 164 valence electrons. The van der Waals surface area contributed by atoms with Gasteiger partial charge < -0.3 is 9.64 Å². The second-order valence-electron chi connectivity index (χ2n) is 8.95. The molecule has 0 bridgehead atoms. The summed E-state index contributed by atoms with van der Waals surface area (Å²) in [6.45, 7) is 6.42. The minimum atomic E-state index is 0.493. The van der Waals surface area contributed by atoms with Crippen molar-refractivity contribution < 1.29 is 4.74 Å². The molecule has 0 N–H and O–H groups in total. The number of rotatable bonds is 4. The van der Waals surface area contributed by atoms with Crippen LogP contribution in [0.15, 0.2) is 18.5 Å². The van der Waals surface area contributed by atoms with Crippen molar-refractivity contribution in [3.63, 3.8) is 0 Å². The second-order valence-corrected chi connectivity index (χ2v) is 10.0. The molecule has 0 aromatic carbocycles. The van der Waals surface area contributed by atoms with Crippen LogP contribution in [0.4, 0.5) is 5.82 Å². The summed E-state index contributed by atoms with van der Waals surface area (Å²) in [4.78, 5) is 18.0. The molecule has 31 heavy (non-hydrogen) atoms. The van der Waals surface area contributed by atoms with E-state index in [-0.39, 0.29) is 0 Å². The van der Waals surface area contributed by atoms with Gasteiger partial charge in [-0.25, -0.2) is 9.97 Å². The first-order valence-electron chi connectivity index (χ1n) is 11.7. The Balaban J connectivity index is 1.33. The van der Waals surface area contributed by atoms with E-state index in [1.807, 2.05) is 23.6 Å². The van der Waals surface area contributed by atoms with Gasteiger partial charge in [-0.3, -0.25) is 9.58 Å². The minimum Gasteiger partial charge on any atom is -0.379 e. The lowest BCUT2D eigenvalue weighted by molar-refractivity contribution is 0.0331. The lowest BCUT2D eigenvalue weighted by atomic mass is 9.96. The Bertz CT molecular complexity index is 1030. The zero-order valence-corrected chi connectivity index (χ0v) is 18.8. The molecule has 1 aliphatic carbocycles. The van der Waals surface area contributed by atoms with Crippen molar-refractivity contribution in [3.8, 4) is 0 Å². The van der Waals surface area contributed by atoms with E-state index in [4.69, 9.17) is 14.7 Å². The van der Waals surface area contributed by atoms with Crippen molar-refractivity contribution in [2.75, 3.05) is 44.3 Å². The van der Waals surface area contributed by atoms with Crippen LogP contribution in [0.2, 0.25) is 0 Å². The standard InChI is InChI=1S/C23H30N6OS/c1-2-5-19-18(4-1)21-22(28-10-6-17(7-11-28)29-9-3-8-24-29)25-20(26-23(21)31-19)16-27-12-14-30-15-13-27/h3,8-9,17H,1-2,4-7,10-16H2. The maximum Gasteiger partial charge on any atom is 0.146 e. The fourth-order valence-corrected chi connectivity index (χ4v) is 6.55.